The summed E-state index contributed by atoms with van der Waals surface area (Å²) in [5.74, 6) is 0.381. The van der Waals surface area contributed by atoms with Gasteiger partial charge in [0, 0.05) is 61.6 Å². The normalized spacial score (nSPS) is 22.2. The summed E-state index contributed by atoms with van der Waals surface area (Å²) in [6, 6.07) is 17.3. The topological polar surface area (TPSA) is 98.0 Å². The second-order valence-electron chi connectivity index (χ2n) is 9.43. The van der Waals surface area contributed by atoms with E-state index in [1.54, 1.807) is 18.3 Å². The van der Waals surface area contributed by atoms with Crippen molar-refractivity contribution >= 4 is 34.9 Å². The number of nitriles is 1. The SMILES string of the molecule is N#Cc1ccc(N2CC(C(=O)N3CCCC(c4ccc(Cl)cc4)NCC3)C(c3ccc(Cl)cn3)C2)nn1. The molecule has 2 fully saturated rings. The first kappa shape index (κ1) is 25.4. The van der Waals surface area contributed by atoms with Gasteiger partial charge in [-0.05, 0) is 54.8 Å². The Kier molecular flexibility index (Phi) is 7.85. The van der Waals surface area contributed by atoms with Crippen LogP contribution in [0.15, 0.2) is 54.7 Å². The molecular weight excluding hydrogens is 509 g/mol. The molecule has 37 heavy (non-hydrogen) atoms. The number of halogens is 2. The first-order chi connectivity index (χ1) is 18.0. The second-order valence-corrected chi connectivity index (χ2v) is 10.3. The van der Waals surface area contributed by atoms with Gasteiger partial charge < -0.3 is 15.1 Å². The number of benzene rings is 1. The number of anilines is 1. The summed E-state index contributed by atoms with van der Waals surface area (Å²) < 4.78 is 0. The van der Waals surface area contributed by atoms with E-state index in [4.69, 9.17) is 28.5 Å². The fourth-order valence-electron chi connectivity index (χ4n) is 5.21. The van der Waals surface area contributed by atoms with E-state index in [9.17, 15) is 4.79 Å². The summed E-state index contributed by atoms with van der Waals surface area (Å²) in [6.45, 7) is 3.14. The number of amides is 1. The third-order valence-electron chi connectivity index (χ3n) is 7.13. The number of carbonyl (C=O) groups is 1. The summed E-state index contributed by atoms with van der Waals surface area (Å²) in [5.41, 5.74) is 2.31. The standard InChI is InChI=1S/C27H27Cl2N7O/c28-19-5-3-18(4-6-19)24-2-1-12-35(13-11-31-24)27(37)23-17-36(26-10-8-21(14-30)33-34-26)16-22(23)25-9-7-20(29)15-32-25/h3-10,15,22-24,31H,1-2,11-13,16-17H2. The molecule has 3 unspecified atom stereocenters. The van der Waals surface area contributed by atoms with Crippen molar-refractivity contribution in [2.45, 2.75) is 24.8 Å². The number of carbonyl (C=O) groups excluding carboxylic acids is 1. The first-order valence-electron chi connectivity index (χ1n) is 12.4. The molecule has 0 saturated carbocycles. The van der Waals surface area contributed by atoms with Crippen LogP contribution in [0, 0.1) is 17.2 Å². The number of hydrogen-bond acceptors (Lipinski definition) is 7. The highest BCUT2D eigenvalue weighted by atomic mass is 35.5. The van der Waals surface area contributed by atoms with Crippen molar-refractivity contribution in [2.24, 2.45) is 5.92 Å². The van der Waals surface area contributed by atoms with Gasteiger partial charge in [0.05, 0.1) is 10.9 Å². The Morgan fingerprint density at radius 1 is 1.00 bits per heavy atom. The molecule has 8 nitrogen and oxygen atoms in total. The van der Waals surface area contributed by atoms with Gasteiger partial charge in [-0.25, -0.2) is 0 Å². The molecule has 3 atom stereocenters. The van der Waals surface area contributed by atoms with Crippen molar-refractivity contribution in [2.75, 3.05) is 37.6 Å². The lowest BCUT2D eigenvalue weighted by molar-refractivity contribution is -0.135. The van der Waals surface area contributed by atoms with Crippen LogP contribution in [-0.4, -0.2) is 58.7 Å². The van der Waals surface area contributed by atoms with Gasteiger partial charge >= 0.3 is 0 Å². The monoisotopic (exact) mass is 535 g/mol. The predicted octanol–water partition coefficient (Wildman–Crippen LogP) is 4.22. The van der Waals surface area contributed by atoms with E-state index in [1.165, 1.54) is 5.56 Å². The Morgan fingerprint density at radius 2 is 1.81 bits per heavy atom. The summed E-state index contributed by atoms with van der Waals surface area (Å²) >= 11 is 12.1. The average Bonchev–Trinajstić information content (AvgIpc) is 3.35. The van der Waals surface area contributed by atoms with Gasteiger partial charge in [-0.1, -0.05) is 35.3 Å². The number of pyridine rings is 1. The van der Waals surface area contributed by atoms with Crippen LogP contribution in [0.5, 0.6) is 0 Å². The molecule has 3 aromatic rings. The van der Waals surface area contributed by atoms with Crippen LogP contribution < -0.4 is 10.2 Å². The molecule has 1 amide bonds. The maximum Gasteiger partial charge on any atom is 0.228 e. The Morgan fingerprint density at radius 3 is 2.51 bits per heavy atom. The lowest BCUT2D eigenvalue weighted by atomic mass is 9.90. The molecule has 2 aliphatic heterocycles. The van der Waals surface area contributed by atoms with Crippen LogP contribution in [0.2, 0.25) is 10.0 Å². The number of hydrogen-bond donors (Lipinski definition) is 1. The van der Waals surface area contributed by atoms with Gasteiger partial charge in [-0.2, -0.15) is 5.26 Å². The van der Waals surface area contributed by atoms with E-state index >= 15 is 0 Å². The number of rotatable bonds is 4. The summed E-state index contributed by atoms with van der Waals surface area (Å²) in [6.07, 6.45) is 3.46. The second kappa shape index (κ2) is 11.4. The van der Waals surface area contributed by atoms with Crippen molar-refractivity contribution in [1.82, 2.24) is 25.4 Å². The molecule has 4 heterocycles. The number of nitrogens with zero attached hydrogens (tertiary/aromatic N) is 6. The maximum atomic E-state index is 13.9. The van der Waals surface area contributed by atoms with E-state index in [-0.39, 0.29) is 29.5 Å². The van der Waals surface area contributed by atoms with E-state index in [0.29, 0.717) is 43.6 Å². The highest BCUT2D eigenvalue weighted by molar-refractivity contribution is 6.30. The quantitative estimate of drug-likeness (QED) is 0.533. The lowest BCUT2D eigenvalue weighted by Gasteiger charge is -2.32. The van der Waals surface area contributed by atoms with Gasteiger partial charge in [-0.3, -0.25) is 9.78 Å². The smallest absolute Gasteiger partial charge is 0.228 e. The minimum Gasteiger partial charge on any atom is -0.354 e. The van der Waals surface area contributed by atoms with E-state index in [2.05, 4.69) is 37.5 Å². The third kappa shape index (κ3) is 5.85. The van der Waals surface area contributed by atoms with E-state index < -0.39 is 0 Å². The van der Waals surface area contributed by atoms with Crippen molar-refractivity contribution in [3.8, 4) is 6.07 Å². The largest absolute Gasteiger partial charge is 0.354 e. The molecule has 5 rings (SSSR count). The molecule has 2 aliphatic rings. The molecule has 0 spiro atoms. The Hall–Kier alpha value is -3.25. The number of aromatic nitrogens is 3. The Bertz CT molecular complexity index is 1250. The van der Waals surface area contributed by atoms with Crippen LogP contribution in [0.4, 0.5) is 5.82 Å². The molecule has 0 aliphatic carbocycles. The van der Waals surface area contributed by atoms with Crippen molar-refractivity contribution in [3.05, 3.63) is 81.7 Å². The van der Waals surface area contributed by atoms with Crippen LogP contribution in [-0.2, 0) is 4.79 Å². The summed E-state index contributed by atoms with van der Waals surface area (Å²) in [7, 11) is 0. The lowest BCUT2D eigenvalue weighted by Crippen LogP contribution is -2.45. The molecule has 190 valence electrons. The van der Waals surface area contributed by atoms with Crippen molar-refractivity contribution in [3.63, 3.8) is 0 Å². The summed E-state index contributed by atoms with van der Waals surface area (Å²) in [5, 5.41) is 22.1. The van der Waals surface area contributed by atoms with Crippen molar-refractivity contribution < 1.29 is 4.79 Å². The van der Waals surface area contributed by atoms with E-state index in [1.807, 2.05) is 35.2 Å². The maximum absolute atomic E-state index is 13.9. The molecule has 2 aromatic heterocycles. The van der Waals surface area contributed by atoms with Crippen molar-refractivity contribution in [1.29, 1.82) is 5.26 Å². The highest BCUT2D eigenvalue weighted by Crippen LogP contribution is 2.36. The predicted molar refractivity (Wildman–Crippen MR) is 142 cm³/mol. The van der Waals surface area contributed by atoms with Crippen LogP contribution >= 0.6 is 23.2 Å². The summed E-state index contributed by atoms with van der Waals surface area (Å²) in [4.78, 5) is 22.5. The third-order valence-corrected chi connectivity index (χ3v) is 7.61. The molecule has 0 bridgehead atoms. The molecule has 10 heteroatoms. The zero-order valence-electron chi connectivity index (χ0n) is 20.2. The van der Waals surface area contributed by atoms with Crippen LogP contribution in [0.25, 0.3) is 0 Å². The zero-order chi connectivity index (χ0) is 25.8. The zero-order valence-corrected chi connectivity index (χ0v) is 21.7. The van der Waals surface area contributed by atoms with Gasteiger partial charge in [0.1, 0.15) is 6.07 Å². The van der Waals surface area contributed by atoms with Gasteiger partial charge in [0.25, 0.3) is 0 Å². The minimum absolute atomic E-state index is 0.109. The Labute approximate surface area is 226 Å². The fraction of sp³-hybridized carbons (Fsp3) is 0.370. The molecule has 0 radical (unpaired) electrons. The van der Waals surface area contributed by atoms with Gasteiger partial charge in [0.2, 0.25) is 5.91 Å². The van der Waals surface area contributed by atoms with Gasteiger partial charge in [0.15, 0.2) is 11.5 Å². The van der Waals surface area contributed by atoms with Crippen LogP contribution in [0.1, 0.15) is 41.8 Å². The van der Waals surface area contributed by atoms with E-state index in [0.717, 1.165) is 23.6 Å². The highest BCUT2D eigenvalue weighted by Gasteiger charge is 2.41. The number of nitrogens with one attached hydrogen (secondary N) is 1. The molecule has 2 saturated heterocycles. The van der Waals surface area contributed by atoms with Crippen LogP contribution in [0.3, 0.4) is 0 Å². The minimum atomic E-state index is -0.280. The molecule has 1 aromatic carbocycles. The average molecular weight is 536 g/mol. The molecular formula is C27H27Cl2N7O. The molecule has 1 N–H and O–H groups in total. The first-order valence-corrected chi connectivity index (χ1v) is 13.2. The van der Waals surface area contributed by atoms with Gasteiger partial charge in [-0.15, -0.1) is 10.2 Å². The Balaban J connectivity index is 1.31. The fourth-order valence-corrected chi connectivity index (χ4v) is 5.45.